The van der Waals surface area contributed by atoms with E-state index >= 15 is 0 Å². The van der Waals surface area contributed by atoms with Crippen LogP contribution >= 0.6 is 0 Å². The molecular weight excluding hydrogens is 670 g/mol. The Bertz CT molecular complexity index is 1520. The predicted molar refractivity (Wildman–Crippen MR) is 178 cm³/mol. The molecule has 286 valence electrons. The average Bonchev–Trinajstić information content (AvgIpc) is 2.96. The number of carbonyl (C=O) groups is 5. The first-order valence-electron chi connectivity index (χ1n) is 17.1. The second-order valence-corrected chi connectivity index (χ2v) is 16.3. The number of amides is 1. The number of hydrogen-bond donors (Lipinski definition) is 5. The summed E-state index contributed by atoms with van der Waals surface area (Å²) in [4.78, 5) is 66.3. The predicted octanol–water partition coefficient (Wildman–Crippen LogP) is 1.56. The van der Waals surface area contributed by atoms with Crippen LogP contribution < -0.4 is 5.32 Å². The van der Waals surface area contributed by atoms with Gasteiger partial charge in [0.05, 0.1) is 30.3 Å². The molecule has 15 heteroatoms. The molecule has 3 fully saturated rings. The van der Waals surface area contributed by atoms with E-state index in [1.54, 1.807) is 34.6 Å². The van der Waals surface area contributed by atoms with E-state index in [1.165, 1.54) is 33.8 Å². The lowest BCUT2D eigenvalue weighted by molar-refractivity contribution is -0.346. The molecule has 2 bridgehead atoms. The maximum absolute atomic E-state index is 14.9. The Kier molecular flexibility index (Phi) is 10.7. The topological polar surface area (TPSA) is 224 Å². The van der Waals surface area contributed by atoms with Gasteiger partial charge in [0.15, 0.2) is 23.6 Å². The van der Waals surface area contributed by atoms with Gasteiger partial charge in [-0.15, -0.1) is 0 Å². The van der Waals surface area contributed by atoms with E-state index < -0.39 is 112 Å². The Morgan fingerprint density at radius 3 is 2.12 bits per heavy atom. The van der Waals surface area contributed by atoms with Gasteiger partial charge in [0.2, 0.25) is 0 Å². The average molecular weight is 724 g/mol. The summed E-state index contributed by atoms with van der Waals surface area (Å²) in [5, 5.41) is 50.5. The van der Waals surface area contributed by atoms with Crippen molar-refractivity contribution in [3.05, 3.63) is 22.8 Å². The fourth-order valence-corrected chi connectivity index (χ4v) is 8.51. The van der Waals surface area contributed by atoms with Crippen molar-refractivity contribution < 1.29 is 68.1 Å². The van der Waals surface area contributed by atoms with E-state index in [-0.39, 0.29) is 24.2 Å². The van der Waals surface area contributed by atoms with Crippen molar-refractivity contribution in [2.24, 2.45) is 16.7 Å². The van der Waals surface area contributed by atoms with Gasteiger partial charge in [-0.05, 0) is 59.6 Å². The van der Waals surface area contributed by atoms with Gasteiger partial charge in [0, 0.05) is 38.0 Å². The van der Waals surface area contributed by atoms with Gasteiger partial charge in [-0.3, -0.25) is 14.4 Å². The van der Waals surface area contributed by atoms with E-state index in [0.29, 0.717) is 5.57 Å². The first kappa shape index (κ1) is 40.4. The number of carbonyl (C=O) groups excluding carboxylic acids is 5. The van der Waals surface area contributed by atoms with E-state index in [9.17, 15) is 44.4 Å². The smallest absolute Gasteiger partial charge is 0.408 e. The molecule has 1 saturated heterocycles. The highest BCUT2D eigenvalue weighted by atomic mass is 16.6. The SMILES string of the molecule is CC(=O)O[C@H]1C(=O)[C@@]2(C)[C@H]([C@H](O)[C@]3(O)C[C@H](OC(=O)[C@H](O)[C@H](C=C(C)C)NC(=O)OC(C)(C)C)C(C)=C1C3(C)C)[C@]1(OC(C)=O)CO[C@@H]1C[C@@H]2O. The van der Waals surface area contributed by atoms with Crippen molar-refractivity contribution >= 4 is 29.8 Å². The molecule has 51 heavy (non-hydrogen) atoms. The molecule has 2 saturated carbocycles. The van der Waals surface area contributed by atoms with Crippen LogP contribution in [0, 0.1) is 16.7 Å². The third kappa shape index (κ3) is 6.83. The lowest BCUT2D eigenvalue weighted by Crippen LogP contribution is -2.81. The zero-order valence-electron chi connectivity index (χ0n) is 31.2. The molecule has 4 rings (SSSR count). The summed E-state index contributed by atoms with van der Waals surface area (Å²) in [6.07, 6.45) is -9.62. The lowest BCUT2D eigenvalue weighted by Gasteiger charge is -2.67. The number of esters is 3. The maximum atomic E-state index is 14.9. The van der Waals surface area contributed by atoms with Gasteiger partial charge in [0.25, 0.3) is 0 Å². The number of nitrogens with one attached hydrogen (secondary N) is 1. The standard InChI is InChI=1S/C36H53NO14/c1-16(2)12-20(37-31(45)51-32(6,7)8)25(41)30(44)49-21-14-36(46)29(43)27-34(11,22(40)13-23-35(27,15-47-23)50-19(5)39)28(42)26(48-18(4)38)24(17(21)3)33(36,9)10/h12,20-23,25-27,29,40-41,43,46H,13-15H2,1-11H3,(H,37,45)/t20-,21-,22-,23+,25+,26+,27-,29-,34+,35-,36+/m0/s1. The molecule has 1 aliphatic heterocycles. The van der Waals surface area contributed by atoms with Crippen LogP contribution in [0.15, 0.2) is 22.8 Å². The first-order chi connectivity index (χ1) is 23.2. The molecule has 0 aromatic heterocycles. The largest absolute Gasteiger partial charge is 0.456 e. The number of aliphatic hydroxyl groups is 4. The number of hydrogen-bond acceptors (Lipinski definition) is 14. The van der Waals surface area contributed by atoms with E-state index in [1.807, 2.05) is 0 Å². The molecule has 1 heterocycles. The first-order valence-corrected chi connectivity index (χ1v) is 17.1. The summed E-state index contributed by atoms with van der Waals surface area (Å²) < 4.78 is 28.3. The van der Waals surface area contributed by atoms with Crippen molar-refractivity contribution in [3.63, 3.8) is 0 Å². The maximum Gasteiger partial charge on any atom is 0.408 e. The van der Waals surface area contributed by atoms with Crippen LogP contribution in [-0.4, -0.2) is 116 Å². The van der Waals surface area contributed by atoms with Crippen LogP contribution in [0.1, 0.15) is 89.0 Å². The monoisotopic (exact) mass is 723 g/mol. The Morgan fingerprint density at radius 2 is 1.63 bits per heavy atom. The molecular formula is C36H53NO14. The third-order valence-electron chi connectivity index (χ3n) is 11.0. The van der Waals surface area contributed by atoms with Crippen LogP contribution in [-0.2, 0) is 42.9 Å². The second-order valence-electron chi connectivity index (χ2n) is 16.3. The number of allylic oxidation sites excluding steroid dienone is 1. The van der Waals surface area contributed by atoms with Gasteiger partial charge < -0.3 is 49.4 Å². The van der Waals surface area contributed by atoms with E-state index in [0.717, 1.165) is 13.8 Å². The summed E-state index contributed by atoms with van der Waals surface area (Å²) in [5.74, 6) is -5.16. The molecule has 5 N–H and O–H groups in total. The summed E-state index contributed by atoms with van der Waals surface area (Å²) >= 11 is 0. The molecule has 0 radical (unpaired) electrons. The van der Waals surface area contributed by atoms with Crippen LogP contribution in [0.25, 0.3) is 0 Å². The molecule has 0 spiro atoms. The van der Waals surface area contributed by atoms with E-state index in [2.05, 4.69) is 5.32 Å². The summed E-state index contributed by atoms with van der Waals surface area (Å²) in [5.41, 5.74) is -7.51. The Morgan fingerprint density at radius 1 is 1.02 bits per heavy atom. The van der Waals surface area contributed by atoms with Gasteiger partial charge in [-0.25, -0.2) is 9.59 Å². The van der Waals surface area contributed by atoms with Crippen molar-refractivity contribution in [1.82, 2.24) is 5.32 Å². The Hall–Kier alpha value is -3.37. The van der Waals surface area contributed by atoms with Crippen LogP contribution in [0.5, 0.6) is 0 Å². The molecule has 11 atom stereocenters. The molecule has 3 aliphatic carbocycles. The van der Waals surface area contributed by atoms with Crippen molar-refractivity contribution in [1.29, 1.82) is 0 Å². The highest BCUT2D eigenvalue weighted by molar-refractivity contribution is 5.95. The number of aliphatic hydroxyl groups excluding tert-OH is 3. The third-order valence-corrected chi connectivity index (χ3v) is 11.0. The minimum absolute atomic E-state index is 0.0240. The normalized spacial score (nSPS) is 36.7. The zero-order valence-corrected chi connectivity index (χ0v) is 31.2. The van der Waals surface area contributed by atoms with Crippen molar-refractivity contribution in [3.8, 4) is 0 Å². The molecule has 4 aliphatic rings. The number of rotatable bonds is 7. The number of alkyl carbamates (subject to hydrolysis) is 1. The number of ketones is 1. The van der Waals surface area contributed by atoms with Crippen LogP contribution in [0.3, 0.4) is 0 Å². The minimum Gasteiger partial charge on any atom is -0.456 e. The molecule has 0 unspecified atom stereocenters. The summed E-state index contributed by atoms with van der Waals surface area (Å²) in [7, 11) is 0. The van der Waals surface area contributed by atoms with Crippen molar-refractivity contribution in [2.45, 2.75) is 148 Å². The summed E-state index contributed by atoms with van der Waals surface area (Å²) in [6.45, 7) is 16.3. The molecule has 0 aromatic carbocycles. The fourth-order valence-electron chi connectivity index (χ4n) is 8.51. The number of ether oxygens (including phenoxy) is 5. The summed E-state index contributed by atoms with van der Waals surface area (Å²) in [6, 6.07) is -1.30. The Balaban J connectivity index is 1.86. The molecule has 15 nitrogen and oxygen atoms in total. The minimum atomic E-state index is -2.30. The number of Topliss-reactive ketones (excluding diaryl/α,β-unsaturated/α-hetero) is 1. The van der Waals surface area contributed by atoms with Crippen LogP contribution in [0.4, 0.5) is 4.79 Å². The molecule has 0 aromatic rings. The van der Waals surface area contributed by atoms with Gasteiger partial charge in [0.1, 0.15) is 23.4 Å². The zero-order chi connectivity index (χ0) is 38.8. The molecule has 1 amide bonds. The lowest BCUT2D eigenvalue weighted by atomic mass is 9.44. The number of fused-ring (bicyclic) bond motifs is 5. The quantitative estimate of drug-likeness (QED) is 0.143. The van der Waals surface area contributed by atoms with E-state index in [4.69, 9.17) is 23.7 Å². The van der Waals surface area contributed by atoms with Crippen LogP contribution in [0.2, 0.25) is 0 Å². The Labute approximate surface area is 297 Å². The van der Waals surface area contributed by atoms with Crippen molar-refractivity contribution in [2.75, 3.05) is 6.61 Å². The fraction of sp³-hybridized carbons (Fsp3) is 0.750. The second kappa shape index (κ2) is 13.6. The highest BCUT2D eigenvalue weighted by Crippen LogP contribution is 2.63. The van der Waals surface area contributed by atoms with Gasteiger partial charge in [-0.2, -0.15) is 0 Å². The highest BCUT2D eigenvalue weighted by Gasteiger charge is 2.77. The van der Waals surface area contributed by atoms with Gasteiger partial charge >= 0.3 is 24.0 Å². The van der Waals surface area contributed by atoms with Gasteiger partial charge in [-0.1, -0.05) is 25.5 Å².